The first-order valence-corrected chi connectivity index (χ1v) is 7.07. The average Bonchev–Trinajstić information content (AvgIpc) is 3.05. The molecule has 2 rings (SSSR count). The van der Waals surface area contributed by atoms with Gasteiger partial charge in [0.15, 0.2) is 0 Å². The van der Waals surface area contributed by atoms with Crippen molar-refractivity contribution in [3.05, 3.63) is 30.3 Å². The van der Waals surface area contributed by atoms with Crippen molar-refractivity contribution < 1.29 is 22.3 Å². The number of hydrogen-bond acceptors (Lipinski definition) is 4. The Labute approximate surface area is 105 Å². The van der Waals surface area contributed by atoms with Crippen molar-refractivity contribution in [1.29, 1.82) is 0 Å². The third-order valence-corrected chi connectivity index (χ3v) is 5.15. The average molecular weight is 272 g/mol. The highest BCUT2D eigenvalue weighted by atomic mass is 32.2. The topological polar surface area (TPSA) is 60.4 Å². The zero-order chi connectivity index (χ0) is 13.4. The van der Waals surface area contributed by atoms with Crippen molar-refractivity contribution in [2.45, 2.75) is 23.2 Å². The van der Waals surface area contributed by atoms with Crippen molar-refractivity contribution in [3.63, 3.8) is 0 Å². The van der Waals surface area contributed by atoms with Gasteiger partial charge in [0, 0.05) is 6.42 Å². The summed E-state index contributed by atoms with van der Waals surface area (Å²) in [4.78, 5) is 11.3. The maximum absolute atomic E-state index is 14.3. The minimum atomic E-state index is -4.15. The number of esters is 1. The van der Waals surface area contributed by atoms with Gasteiger partial charge in [-0.05, 0) is 19.1 Å². The molecule has 0 spiro atoms. The molecule has 0 saturated heterocycles. The number of ether oxygens (including phenoxy) is 1. The lowest BCUT2D eigenvalue weighted by atomic mass is 10.4. The summed E-state index contributed by atoms with van der Waals surface area (Å²) in [6.45, 7) is 1.70. The Morgan fingerprint density at radius 2 is 2.06 bits per heavy atom. The van der Waals surface area contributed by atoms with Gasteiger partial charge in [0.25, 0.3) is 0 Å². The fraction of sp³-hybridized carbons (Fsp3) is 0.417. The number of carbonyl (C=O) groups excluding carboxylic acids is 1. The maximum Gasteiger partial charge on any atom is 0.313 e. The molecule has 0 unspecified atom stereocenters. The molecular weight excluding hydrogens is 259 g/mol. The minimum absolute atomic E-state index is 0.108. The minimum Gasteiger partial charge on any atom is -0.466 e. The van der Waals surface area contributed by atoms with Gasteiger partial charge >= 0.3 is 5.97 Å². The molecule has 1 aliphatic carbocycles. The van der Waals surface area contributed by atoms with Gasteiger partial charge < -0.3 is 4.74 Å². The van der Waals surface area contributed by atoms with E-state index in [4.69, 9.17) is 0 Å². The van der Waals surface area contributed by atoms with Crippen LogP contribution < -0.4 is 0 Å². The van der Waals surface area contributed by atoms with E-state index in [1.807, 2.05) is 0 Å². The fourth-order valence-corrected chi connectivity index (χ4v) is 3.58. The Hall–Kier alpha value is -1.43. The monoisotopic (exact) mass is 272 g/mol. The Morgan fingerprint density at radius 3 is 2.61 bits per heavy atom. The summed E-state index contributed by atoms with van der Waals surface area (Å²) in [5, 5.41) is -2.51. The van der Waals surface area contributed by atoms with Crippen LogP contribution in [-0.4, -0.2) is 26.0 Å². The van der Waals surface area contributed by atoms with Crippen molar-refractivity contribution in [2.75, 3.05) is 6.61 Å². The molecular formula is C12H13FO4S. The molecule has 6 heteroatoms. The fourth-order valence-electron chi connectivity index (χ4n) is 1.81. The van der Waals surface area contributed by atoms with Crippen LogP contribution in [0, 0.1) is 5.92 Å². The van der Waals surface area contributed by atoms with E-state index in [1.54, 1.807) is 13.0 Å². The second-order valence-corrected chi connectivity index (χ2v) is 6.27. The third kappa shape index (κ3) is 1.90. The van der Waals surface area contributed by atoms with Gasteiger partial charge in [-0.3, -0.25) is 4.79 Å². The van der Waals surface area contributed by atoms with Crippen LogP contribution in [0.15, 0.2) is 35.2 Å². The second kappa shape index (κ2) is 4.35. The van der Waals surface area contributed by atoms with E-state index in [-0.39, 0.29) is 17.9 Å². The largest absolute Gasteiger partial charge is 0.466 e. The normalized spacial score (nSPS) is 26.7. The van der Waals surface area contributed by atoms with Gasteiger partial charge in [-0.1, -0.05) is 18.2 Å². The van der Waals surface area contributed by atoms with E-state index in [1.165, 1.54) is 24.3 Å². The quantitative estimate of drug-likeness (QED) is 0.783. The SMILES string of the molecule is CCOC(=O)[C@@H]1C[C@]1(F)S(=O)(=O)c1ccccc1. The molecule has 0 bridgehead atoms. The van der Waals surface area contributed by atoms with Gasteiger partial charge in [0.1, 0.15) is 5.92 Å². The lowest BCUT2D eigenvalue weighted by Gasteiger charge is -2.09. The lowest BCUT2D eigenvalue weighted by molar-refractivity contribution is -0.145. The highest BCUT2D eigenvalue weighted by molar-refractivity contribution is 7.93. The van der Waals surface area contributed by atoms with E-state index < -0.39 is 26.7 Å². The number of hydrogen-bond donors (Lipinski definition) is 0. The van der Waals surface area contributed by atoms with Crippen molar-refractivity contribution >= 4 is 15.8 Å². The van der Waals surface area contributed by atoms with Crippen LogP contribution in [0.5, 0.6) is 0 Å². The Balaban J connectivity index is 2.26. The Kier molecular flexibility index (Phi) is 3.14. The molecule has 0 heterocycles. The Bertz CT molecular complexity index is 555. The standard InChI is InChI=1S/C12H13FO4S/c1-2-17-11(14)10-8-12(10,13)18(15,16)9-6-4-3-5-7-9/h3-7,10H,2,8H2,1H3/t10-,12-/m0/s1. The van der Waals surface area contributed by atoms with E-state index in [0.29, 0.717) is 0 Å². The summed E-state index contributed by atoms with van der Waals surface area (Å²) < 4.78 is 43.1. The molecule has 1 aliphatic rings. The van der Waals surface area contributed by atoms with E-state index >= 15 is 0 Å². The first-order chi connectivity index (χ1) is 8.43. The molecule has 0 N–H and O–H groups in total. The van der Waals surface area contributed by atoms with Gasteiger partial charge in [0.2, 0.25) is 14.8 Å². The summed E-state index contributed by atoms with van der Waals surface area (Å²) in [6.07, 6.45) is -0.330. The van der Waals surface area contributed by atoms with Gasteiger partial charge in [-0.2, -0.15) is 0 Å². The highest BCUT2D eigenvalue weighted by Crippen LogP contribution is 2.54. The second-order valence-electron chi connectivity index (χ2n) is 4.11. The van der Waals surface area contributed by atoms with Gasteiger partial charge in [-0.15, -0.1) is 0 Å². The Morgan fingerprint density at radius 1 is 1.44 bits per heavy atom. The van der Waals surface area contributed by atoms with Crippen LogP contribution in [0.3, 0.4) is 0 Å². The summed E-state index contributed by atoms with van der Waals surface area (Å²) in [6, 6.07) is 7.30. The molecule has 98 valence electrons. The zero-order valence-electron chi connectivity index (χ0n) is 9.80. The molecule has 2 atom stereocenters. The molecule has 18 heavy (non-hydrogen) atoms. The first-order valence-electron chi connectivity index (χ1n) is 5.58. The number of benzene rings is 1. The van der Waals surface area contributed by atoms with E-state index in [2.05, 4.69) is 4.74 Å². The smallest absolute Gasteiger partial charge is 0.313 e. The molecule has 1 saturated carbocycles. The number of alkyl halides is 1. The predicted molar refractivity (Wildman–Crippen MR) is 62.2 cm³/mol. The summed E-state index contributed by atoms with van der Waals surface area (Å²) in [5.41, 5.74) is 0. The molecule has 1 aromatic carbocycles. The first kappa shape index (κ1) is 13.0. The van der Waals surface area contributed by atoms with Gasteiger partial charge in [0.05, 0.1) is 11.5 Å². The number of carbonyl (C=O) groups is 1. The molecule has 0 aliphatic heterocycles. The summed E-state index contributed by atoms with van der Waals surface area (Å²) in [5.74, 6) is -2.00. The highest BCUT2D eigenvalue weighted by Gasteiger charge is 2.69. The number of sulfone groups is 1. The lowest BCUT2D eigenvalue weighted by Crippen LogP contribution is -2.24. The predicted octanol–water partition coefficient (Wildman–Crippen LogP) is 1.71. The molecule has 1 aromatic rings. The van der Waals surface area contributed by atoms with Crippen molar-refractivity contribution in [3.8, 4) is 0 Å². The molecule has 4 nitrogen and oxygen atoms in total. The van der Waals surface area contributed by atoms with Crippen LogP contribution in [0.25, 0.3) is 0 Å². The van der Waals surface area contributed by atoms with Crippen molar-refractivity contribution in [1.82, 2.24) is 0 Å². The maximum atomic E-state index is 14.3. The molecule has 1 fully saturated rings. The van der Waals surface area contributed by atoms with Gasteiger partial charge in [-0.25, -0.2) is 12.8 Å². The summed E-state index contributed by atoms with van der Waals surface area (Å²) >= 11 is 0. The molecule has 0 aromatic heterocycles. The zero-order valence-corrected chi connectivity index (χ0v) is 10.6. The van der Waals surface area contributed by atoms with E-state index in [0.717, 1.165) is 0 Å². The van der Waals surface area contributed by atoms with Crippen LogP contribution >= 0.6 is 0 Å². The molecule has 0 radical (unpaired) electrons. The van der Waals surface area contributed by atoms with Crippen LogP contribution in [0.1, 0.15) is 13.3 Å². The van der Waals surface area contributed by atoms with Crippen LogP contribution in [0.4, 0.5) is 4.39 Å². The summed E-state index contributed by atoms with van der Waals surface area (Å²) in [7, 11) is -4.15. The molecule has 0 amide bonds. The van der Waals surface area contributed by atoms with E-state index in [9.17, 15) is 17.6 Å². The number of rotatable bonds is 4. The third-order valence-electron chi connectivity index (χ3n) is 2.91. The number of halogens is 1. The van der Waals surface area contributed by atoms with Crippen molar-refractivity contribution in [2.24, 2.45) is 5.92 Å². The van der Waals surface area contributed by atoms with Crippen LogP contribution in [0.2, 0.25) is 0 Å². The van der Waals surface area contributed by atoms with Crippen LogP contribution in [-0.2, 0) is 19.4 Å².